The monoisotopic (exact) mass is 288 g/mol. The molecule has 0 unspecified atom stereocenters. The minimum Gasteiger partial charge on any atom is -0.398 e. The summed E-state index contributed by atoms with van der Waals surface area (Å²) in [5.74, 6) is -0.437. The predicted octanol–water partition coefficient (Wildman–Crippen LogP) is 2.46. The van der Waals surface area contributed by atoms with Gasteiger partial charge in [-0.3, -0.25) is 0 Å². The van der Waals surface area contributed by atoms with Crippen molar-refractivity contribution in [2.45, 2.75) is 38.6 Å². The van der Waals surface area contributed by atoms with Gasteiger partial charge in [0.05, 0.1) is 5.69 Å². The normalized spacial score (nSPS) is 12.6. The van der Waals surface area contributed by atoms with Gasteiger partial charge >= 0.3 is 0 Å². The molecule has 4 nitrogen and oxygen atoms in total. The third-order valence-electron chi connectivity index (χ3n) is 2.68. The second-order valence-corrected chi connectivity index (χ2v) is 7.10. The number of benzene rings is 1. The smallest absolute Gasteiger partial charge is 0.245 e. The summed E-state index contributed by atoms with van der Waals surface area (Å²) in [6.07, 6.45) is 0. The van der Waals surface area contributed by atoms with E-state index in [0.29, 0.717) is 6.54 Å². The number of sulfonamides is 1. The Morgan fingerprint density at radius 2 is 1.84 bits per heavy atom. The fourth-order valence-electron chi connectivity index (χ4n) is 1.80. The van der Waals surface area contributed by atoms with Crippen LogP contribution in [0.5, 0.6) is 0 Å². The molecule has 1 aromatic carbocycles. The Bertz CT molecular complexity index is 542. The lowest BCUT2D eigenvalue weighted by Gasteiger charge is -2.28. The van der Waals surface area contributed by atoms with Gasteiger partial charge in [-0.15, -0.1) is 0 Å². The third-order valence-corrected chi connectivity index (χ3v) is 4.78. The lowest BCUT2D eigenvalue weighted by atomic mass is 10.2. The molecule has 0 heterocycles. The Labute approximate surface area is 114 Å². The highest BCUT2D eigenvalue weighted by molar-refractivity contribution is 7.89. The molecule has 0 fully saturated rings. The van der Waals surface area contributed by atoms with Crippen LogP contribution in [-0.2, 0) is 10.0 Å². The number of halogens is 1. The van der Waals surface area contributed by atoms with E-state index in [1.54, 1.807) is 13.8 Å². The van der Waals surface area contributed by atoms with E-state index in [9.17, 15) is 12.8 Å². The summed E-state index contributed by atoms with van der Waals surface area (Å²) in [6, 6.07) is 3.18. The van der Waals surface area contributed by atoms with Gasteiger partial charge in [-0.2, -0.15) is 4.31 Å². The minimum absolute atomic E-state index is 0.0656. The molecule has 0 amide bonds. The Kier molecular flexibility index (Phi) is 4.92. The van der Waals surface area contributed by atoms with E-state index in [4.69, 9.17) is 5.73 Å². The highest BCUT2D eigenvalue weighted by Crippen LogP contribution is 2.25. The van der Waals surface area contributed by atoms with Crippen LogP contribution in [0, 0.1) is 11.7 Å². The Hall–Kier alpha value is -1.14. The molecule has 0 aliphatic heterocycles. The lowest BCUT2D eigenvalue weighted by Crippen LogP contribution is -2.39. The number of nitrogens with zero attached hydrogens (tertiary/aromatic N) is 1. The number of hydrogen-bond acceptors (Lipinski definition) is 3. The molecular weight excluding hydrogens is 267 g/mol. The third kappa shape index (κ3) is 3.67. The molecule has 0 spiro atoms. The quantitative estimate of drug-likeness (QED) is 0.847. The first-order chi connectivity index (χ1) is 8.66. The first-order valence-electron chi connectivity index (χ1n) is 6.23. The van der Waals surface area contributed by atoms with Crippen molar-refractivity contribution in [2.75, 3.05) is 12.3 Å². The van der Waals surface area contributed by atoms with Crippen molar-refractivity contribution < 1.29 is 12.8 Å². The van der Waals surface area contributed by atoms with Gasteiger partial charge in [0.1, 0.15) is 10.7 Å². The second kappa shape index (κ2) is 5.88. The summed E-state index contributed by atoms with van der Waals surface area (Å²) in [6.45, 7) is 7.81. The van der Waals surface area contributed by atoms with E-state index < -0.39 is 15.8 Å². The topological polar surface area (TPSA) is 63.4 Å². The van der Waals surface area contributed by atoms with Gasteiger partial charge < -0.3 is 5.73 Å². The van der Waals surface area contributed by atoms with E-state index in [-0.39, 0.29) is 22.5 Å². The first-order valence-corrected chi connectivity index (χ1v) is 7.67. The van der Waals surface area contributed by atoms with Crippen LogP contribution in [0.2, 0.25) is 0 Å². The molecule has 0 radical (unpaired) electrons. The second-order valence-electron chi connectivity index (χ2n) is 5.24. The summed E-state index contributed by atoms with van der Waals surface area (Å²) < 4.78 is 39.7. The van der Waals surface area contributed by atoms with Gasteiger partial charge in [-0.1, -0.05) is 13.8 Å². The number of rotatable bonds is 5. The summed E-state index contributed by atoms with van der Waals surface area (Å²) >= 11 is 0. The average molecular weight is 288 g/mol. The average Bonchev–Trinajstić information content (AvgIpc) is 2.28. The van der Waals surface area contributed by atoms with Crippen LogP contribution in [0.4, 0.5) is 10.1 Å². The molecular formula is C13H21FN2O2S. The maximum atomic E-state index is 13.3. The molecule has 0 aliphatic rings. The molecule has 0 aliphatic carbocycles. The van der Waals surface area contributed by atoms with Crippen molar-refractivity contribution in [1.82, 2.24) is 4.31 Å². The van der Waals surface area contributed by atoms with Crippen molar-refractivity contribution in [3.05, 3.63) is 24.0 Å². The number of hydrogen-bond donors (Lipinski definition) is 1. The molecule has 19 heavy (non-hydrogen) atoms. The van der Waals surface area contributed by atoms with E-state index in [2.05, 4.69) is 0 Å². The van der Waals surface area contributed by atoms with Gasteiger partial charge in [-0.05, 0) is 38.0 Å². The molecule has 0 bridgehead atoms. The van der Waals surface area contributed by atoms with Crippen LogP contribution in [-0.4, -0.2) is 25.3 Å². The molecule has 0 aromatic heterocycles. The van der Waals surface area contributed by atoms with Gasteiger partial charge in [0, 0.05) is 12.6 Å². The highest BCUT2D eigenvalue weighted by atomic mass is 32.2. The standard InChI is InChI=1S/C13H21FN2O2S/c1-9(2)8-16(10(3)4)19(17,18)13-7-11(14)5-6-12(13)15/h5-7,9-10H,8,15H2,1-4H3. The van der Waals surface area contributed by atoms with Crippen LogP contribution in [0.3, 0.4) is 0 Å². The Morgan fingerprint density at radius 1 is 1.26 bits per heavy atom. The zero-order valence-corrected chi connectivity index (χ0v) is 12.5. The van der Waals surface area contributed by atoms with Gasteiger partial charge in [0.25, 0.3) is 0 Å². The maximum Gasteiger partial charge on any atom is 0.245 e. The molecule has 0 saturated heterocycles. The van der Waals surface area contributed by atoms with E-state index in [0.717, 1.165) is 12.1 Å². The molecule has 1 rings (SSSR count). The van der Waals surface area contributed by atoms with Gasteiger partial charge in [0.2, 0.25) is 10.0 Å². The molecule has 1 aromatic rings. The van der Waals surface area contributed by atoms with Crippen molar-refractivity contribution in [3.8, 4) is 0 Å². The van der Waals surface area contributed by atoms with Crippen LogP contribution < -0.4 is 5.73 Å². The molecule has 0 atom stereocenters. The zero-order valence-electron chi connectivity index (χ0n) is 11.7. The van der Waals surface area contributed by atoms with Crippen LogP contribution in [0.1, 0.15) is 27.7 Å². The van der Waals surface area contributed by atoms with Crippen molar-refractivity contribution in [1.29, 1.82) is 0 Å². The first kappa shape index (κ1) is 15.9. The SMILES string of the molecule is CC(C)CN(C(C)C)S(=O)(=O)c1cc(F)ccc1N. The summed E-state index contributed by atoms with van der Waals surface area (Å²) in [5.41, 5.74) is 5.74. The number of anilines is 1. The molecule has 0 saturated carbocycles. The summed E-state index contributed by atoms with van der Waals surface area (Å²) in [7, 11) is -3.78. The lowest BCUT2D eigenvalue weighted by molar-refractivity contribution is 0.319. The maximum absolute atomic E-state index is 13.3. The number of nitrogen functional groups attached to an aromatic ring is 1. The summed E-state index contributed by atoms with van der Waals surface area (Å²) in [5, 5.41) is 0. The van der Waals surface area contributed by atoms with Crippen LogP contribution >= 0.6 is 0 Å². The fraction of sp³-hybridized carbons (Fsp3) is 0.538. The Morgan fingerprint density at radius 3 is 2.32 bits per heavy atom. The molecule has 2 N–H and O–H groups in total. The van der Waals surface area contributed by atoms with E-state index in [1.807, 2.05) is 13.8 Å². The number of nitrogens with two attached hydrogens (primary N) is 1. The van der Waals surface area contributed by atoms with Crippen molar-refractivity contribution >= 4 is 15.7 Å². The van der Waals surface area contributed by atoms with E-state index >= 15 is 0 Å². The highest BCUT2D eigenvalue weighted by Gasteiger charge is 2.29. The fourth-order valence-corrected chi connectivity index (χ4v) is 3.73. The molecule has 108 valence electrons. The van der Waals surface area contributed by atoms with Crippen molar-refractivity contribution in [2.24, 2.45) is 5.92 Å². The largest absolute Gasteiger partial charge is 0.398 e. The van der Waals surface area contributed by atoms with Gasteiger partial charge in [0.15, 0.2) is 0 Å². The Balaban J connectivity index is 3.30. The van der Waals surface area contributed by atoms with Crippen LogP contribution in [0.15, 0.2) is 23.1 Å². The minimum atomic E-state index is -3.78. The zero-order chi connectivity index (χ0) is 14.8. The van der Waals surface area contributed by atoms with E-state index in [1.165, 1.54) is 10.4 Å². The molecule has 6 heteroatoms. The summed E-state index contributed by atoms with van der Waals surface area (Å²) in [4.78, 5) is -0.165. The van der Waals surface area contributed by atoms with Gasteiger partial charge in [-0.25, -0.2) is 12.8 Å². The van der Waals surface area contributed by atoms with Crippen molar-refractivity contribution in [3.63, 3.8) is 0 Å². The predicted molar refractivity (Wildman–Crippen MR) is 74.7 cm³/mol. The van der Waals surface area contributed by atoms with Crippen LogP contribution in [0.25, 0.3) is 0 Å².